The number of rotatable bonds is 7. The molecule has 11 heteroatoms. The summed E-state index contributed by atoms with van der Waals surface area (Å²) in [7, 11) is 1.62. The van der Waals surface area contributed by atoms with Crippen molar-refractivity contribution in [3.05, 3.63) is 57.0 Å². The van der Waals surface area contributed by atoms with E-state index in [-0.39, 0.29) is 0 Å². The Morgan fingerprint density at radius 1 is 1.03 bits per heavy atom. The maximum Gasteiger partial charge on any atom is 0.250 e. The maximum absolute atomic E-state index is 5.45. The maximum atomic E-state index is 5.45. The molecule has 0 radical (unpaired) electrons. The fourth-order valence-corrected chi connectivity index (χ4v) is 3.81. The third kappa shape index (κ3) is 5.93. The molecule has 2 heterocycles. The molecule has 0 spiro atoms. The van der Waals surface area contributed by atoms with Gasteiger partial charge in [0.25, 0.3) is 0 Å². The second-order valence-electron chi connectivity index (χ2n) is 6.77. The molecule has 0 unspecified atom stereocenters. The van der Waals surface area contributed by atoms with Crippen LogP contribution in [0.1, 0.15) is 5.56 Å². The van der Waals surface area contributed by atoms with Crippen molar-refractivity contribution in [2.75, 3.05) is 49.1 Å². The minimum absolute atomic E-state index is 0.323. The monoisotopic (exact) mass is 561 g/mol. The summed E-state index contributed by atoms with van der Waals surface area (Å²) in [6, 6.07) is 13.5. The third-order valence-electron chi connectivity index (χ3n) is 4.56. The summed E-state index contributed by atoms with van der Waals surface area (Å²) in [5.41, 5.74) is 4.57. The van der Waals surface area contributed by atoms with Gasteiger partial charge in [-0.1, -0.05) is 37.9 Å². The zero-order valence-electron chi connectivity index (χ0n) is 17.3. The Kier molecular flexibility index (Phi) is 7.51. The van der Waals surface area contributed by atoms with E-state index >= 15 is 0 Å². The van der Waals surface area contributed by atoms with Gasteiger partial charge in [0.15, 0.2) is 0 Å². The largest absolute Gasteiger partial charge is 0.496 e. The van der Waals surface area contributed by atoms with Crippen molar-refractivity contribution in [3.63, 3.8) is 0 Å². The van der Waals surface area contributed by atoms with Crippen LogP contribution in [-0.4, -0.2) is 54.6 Å². The van der Waals surface area contributed by atoms with Crippen LogP contribution in [0.3, 0.4) is 0 Å². The molecule has 0 saturated carbocycles. The minimum Gasteiger partial charge on any atom is -0.496 e. The zero-order chi connectivity index (χ0) is 22.3. The van der Waals surface area contributed by atoms with E-state index in [1.165, 1.54) is 0 Å². The average molecular weight is 563 g/mol. The standard InChI is InChI=1S/C21H21Br2N7O2/c1-31-18-6-5-16(23)11-14(18)13-24-29-20-26-19(25-17-4-2-3-15(22)12-17)27-21(28-20)30-7-9-32-10-8-30/h2-6,11-13H,7-10H2,1H3,(H2,25,26,27,28,29)/b24-13+. The topological polar surface area (TPSA) is 96.8 Å². The van der Waals surface area contributed by atoms with Crippen molar-refractivity contribution >= 4 is 61.6 Å². The molecular formula is C21H21Br2N7O2. The smallest absolute Gasteiger partial charge is 0.250 e. The van der Waals surface area contributed by atoms with Gasteiger partial charge in [0.2, 0.25) is 17.8 Å². The van der Waals surface area contributed by atoms with Crippen LogP contribution in [-0.2, 0) is 4.74 Å². The minimum atomic E-state index is 0.323. The molecule has 166 valence electrons. The summed E-state index contributed by atoms with van der Waals surface area (Å²) in [4.78, 5) is 15.7. The second kappa shape index (κ2) is 10.7. The van der Waals surface area contributed by atoms with E-state index in [1.807, 2.05) is 42.5 Å². The SMILES string of the molecule is COc1ccc(Br)cc1/C=N/Nc1nc(Nc2cccc(Br)c2)nc(N2CCOCC2)n1. The van der Waals surface area contributed by atoms with Crippen LogP contribution in [0, 0.1) is 0 Å². The fourth-order valence-electron chi connectivity index (χ4n) is 3.04. The number of methoxy groups -OCH3 is 1. The van der Waals surface area contributed by atoms with Gasteiger partial charge >= 0.3 is 0 Å². The number of hydrogen-bond donors (Lipinski definition) is 2. The molecule has 2 aromatic carbocycles. The number of halogens is 2. The first kappa shape index (κ1) is 22.4. The first-order chi connectivity index (χ1) is 15.6. The van der Waals surface area contributed by atoms with Crippen molar-refractivity contribution in [1.82, 2.24) is 15.0 Å². The molecule has 0 amide bonds. The predicted octanol–water partition coefficient (Wildman–Crippen LogP) is 4.43. The summed E-state index contributed by atoms with van der Waals surface area (Å²) in [5.74, 6) is 2.00. The lowest BCUT2D eigenvalue weighted by Gasteiger charge is -2.27. The second-order valence-corrected chi connectivity index (χ2v) is 8.61. The summed E-state index contributed by atoms with van der Waals surface area (Å²) >= 11 is 6.94. The molecule has 32 heavy (non-hydrogen) atoms. The number of hydrazone groups is 1. The highest BCUT2D eigenvalue weighted by molar-refractivity contribution is 9.10. The van der Waals surface area contributed by atoms with E-state index in [0.29, 0.717) is 49.9 Å². The Bertz CT molecular complexity index is 1110. The molecule has 2 N–H and O–H groups in total. The van der Waals surface area contributed by atoms with Gasteiger partial charge in [-0.3, -0.25) is 0 Å². The van der Waals surface area contributed by atoms with Crippen molar-refractivity contribution in [2.45, 2.75) is 0 Å². The Labute approximate surface area is 202 Å². The van der Waals surface area contributed by atoms with Crippen LogP contribution in [0.4, 0.5) is 23.5 Å². The molecule has 1 saturated heterocycles. The van der Waals surface area contributed by atoms with E-state index in [9.17, 15) is 0 Å². The molecule has 9 nitrogen and oxygen atoms in total. The van der Waals surface area contributed by atoms with Gasteiger partial charge < -0.3 is 19.7 Å². The summed E-state index contributed by atoms with van der Waals surface area (Å²) < 4.78 is 12.7. The van der Waals surface area contributed by atoms with Gasteiger partial charge in [-0.15, -0.1) is 0 Å². The van der Waals surface area contributed by atoms with Crippen LogP contribution < -0.4 is 20.4 Å². The molecule has 0 bridgehead atoms. The Hall–Kier alpha value is -2.76. The molecule has 1 aromatic heterocycles. The third-order valence-corrected chi connectivity index (χ3v) is 5.54. The lowest BCUT2D eigenvalue weighted by Crippen LogP contribution is -2.37. The highest BCUT2D eigenvalue weighted by Gasteiger charge is 2.17. The molecule has 1 aliphatic rings. The van der Waals surface area contributed by atoms with Crippen LogP contribution >= 0.6 is 31.9 Å². The van der Waals surface area contributed by atoms with E-state index < -0.39 is 0 Å². The Balaban J connectivity index is 1.59. The van der Waals surface area contributed by atoms with E-state index in [4.69, 9.17) is 9.47 Å². The number of benzene rings is 2. The molecule has 1 fully saturated rings. The fraction of sp³-hybridized carbons (Fsp3) is 0.238. The molecule has 1 aliphatic heterocycles. The highest BCUT2D eigenvalue weighted by Crippen LogP contribution is 2.23. The van der Waals surface area contributed by atoms with Crippen molar-refractivity contribution in [3.8, 4) is 5.75 Å². The molecule has 3 aromatic rings. The molecule has 0 atom stereocenters. The van der Waals surface area contributed by atoms with Gasteiger partial charge in [0.05, 0.1) is 26.5 Å². The van der Waals surface area contributed by atoms with Gasteiger partial charge in [-0.05, 0) is 36.4 Å². The quantitative estimate of drug-likeness (QED) is 0.322. The van der Waals surface area contributed by atoms with E-state index in [2.05, 4.69) is 67.6 Å². The number of nitrogens with one attached hydrogen (secondary N) is 2. The van der Waals surface area contributed by atoms with Crippen molar-refractivity contribution in [1.29, 1.82) is 0 Å². The molecule has 0 aliphatic carbocycles. The molecular weight excluding hydrogens is 542 g/mol. The van der Waals surface area contributed by atoms with Crippen LogP contribution in [0.2, 0.25) is 0 Å². The first-order valence-corrected chi connectivity index (χ1v) is 11.4. The summed E-state index contributed by atoms with van der Waals surface area (Å²) in [6.45, 7) is 2.67. The van der Waals surface area contributed by atoms with Crippen molar-refractivity contribution < 1.29 is 9.47 Å². The van der Waals surface area contributed by atoms with Gasteiger partial charge in [-0.25, -0.2) is 5.43 Å². The predicted molar refractivity (Wildman–Crippen MR) is 132 cm³/mol. The van der Waals surface area contributed by atoms with Gasteiger partial charge in [-0.2, -0.15) is 20.1 Å². The first-order valence-electron chi connectivity index (χ1n) is 9.85. The summed E-state index contributed by atoms with van der Waals surface area (Å²) in [6.07, 6.45) is 1.66. The highest BCUT2D eigenvalue weighted by atomic mass is 79.9. The van der Waals surface area contributed by atoms with E-state index in [1.54, 1.807) is 13.3 Å². The summed E-state index contributed by atoms with van der Waals surface area (Å²) in [5, 5.41) is 7.53. The lowest BCUT2D eigenvalue weighted by atomic mass is 10.2. The Morgan fingerprint density at radius 2 is 1.81 bits per heavy atom. The number of anilines is 4. The lowest BCUT2D eigenvalue weighted by molar-refractivity contribution is 0.122. The van der Waals surface area contributed by atoms with Gasteiger partial charge in [0.1, 0.15) is 5.75 Å². The number of nitrogens with zero attached hydrogens (tertiary/aromatic N) is 5. The Morgan fingerprint density at radius 3 is 2.59 bits per heavy atom. The number of morpholine rings is 1. The van der Waals surface area contributed by atoms with Crippen LogP contribution in [0.25, 0.3) is 0 Å². The van der Waals surface area contributed by atoms with E-state index in [0.717, 1.165) is 20.2 Å². The van der Waals surface area contributed by atoms with Crippen molar-refractivity contribution in [2.24, 2.45) is 5.10 Å². The molecule has 4 rings (SSSR count). The average Bonchev–Trinajstić information content (AvgIpc) is 2.80. The normalized spacial score (nSPS) is 13.9. The number of aromatic nitrogens is 3. The van der Waals surface area contributed by atoms with Crippen LogP contribution in [0.15, 0.2) is 56.5 Å². The van der Waals surface area contributed by atoms with Crippen LogP contribution in [0.5, 0.6) is 5.75 Å². The van der Waals surface area contributed by atoms with Gasteiger partial charge in [0, 0.05) is 33.3 Å². The zero-order valence-corrected chi connectivity index (χ0v) is 20.4. The number of hydrogen-bond acceptors (Lipinski definition) is 9. The number of ether oxygens (including phenoxy) is 2.